The lowest BCUT2D eigenvalue weighted by Gasteiger charge is -2.08. The first-order valence-electron chi connectivity index (χ1n) is 6.41. The first kappa shape index (κ1) is 15.8. The van der Waals surface area contributed by atoms with Crippen molar-refractivity contribution in [2.24, 2.45) is 0 Å². The fourth-order valence-corrected chi connectivity index (χ4v) is 2.12. The summed E-state index contributed by atoms with van der Waals surface area (Å²) < 4.78 is 6.37. The first-order valence-corrected chi connectivity index (χ1v) is 7.21. The van der Waals surface area contributed by atoms with Crippen molar-refractivity contribution in [2.45, 2.75) is 6.61 Å². The molecule has 0 fully saturated rings. The molecule has 2 rings (SSSR count). The van der Waals surface area contributed by atoms with Crippen LogP contribution in [0.2, 0.25) is 0 Å². The van der Waals surface area contributed by atoms with E-state index in [4.69, 9.17) is 15.1 Å². The molecule has 0 aliphatic rings. The number of hydrogen-bond donors (Lipinski definition) is 1. The second-order valence-corrected chi connectivity index (χ2v) is 5.29. The lowest BCUT2D eigenvalue weighted by Crippen LogP contribution is -1.98. The molecular weight excluding hydrogens is 346 g/mol. The van der Waals surface area contributed by atoms with Gasteiger partial charge in [0.2, 0.25) is 0 Å². The lowest BCUT2D eigenvalue weighted by atomic mass is 10.1. The van der Waals surface area contributed by atoms with Crippen molar-refractivity contribution >= 4 is 28.0 Å². The molecule has 0 saturated heterocycles. The van der Waals surface area contributed by atoms with Gasteiger partial charge in [-0.1, -0.05) is 46.3 Å². The van der Waals surface area contributed by atoms with Gasteiger partial charge in [-0.25, -0.2) is 4.79 Å². The number of halogens is 1. The first-order chi connectivity index (χ1) is 10.6. The molecule has 0 bridgehead atoms. The maximum absolute atomic E-state index is 10.9. The largest absolute Gasteiger partial charge is 0.489 e. The van der Waals surface area contributed by atoms with Crippen LogP contribution in [-0.2, 0) is 11.4 Å². The molecular formula is C17H12BrNO3. The summed E-state index contributed by atoms with van der Waals surface area (Å²) in [5, 5.41) is 17.7. The summed E-state index contributed by atoms with van der Waals surface area (Å²) >= 11 is 3.33. The normalized spacial score (nSPS) is 10.8. The van der Waals surface area contributed by atoms with Crippen molar-refractivity contribution in [3.63, 3.8) is 0 Å². The van der Waals surface area contributed by atoms with Gasteiger partial charge in [-0.15, -0.1) is 0 Å². The number of nitrogens with zero attached hydrogens (tertiary/aromatic N) is 1. The zero-order chi connectivity index (χ0) is 15.9. The van der Waals surface area contributed by atoms with Gasteiger partial charge in [0.15, 0.2) is 0 Å². The van der Waals surface area contributed by atoms with E-state index in [2.05, 4.69) is 15.9 Å². The number of carboxylic acid groups (broad SMARTS) is 1. The third-order valence-corrected chi connectivity index (χ3v) is 3.59. The van der Waals surface area contributed by atoms with Crippen molar-refractivity contribution in [1.82, 2.24) is 0 Å². The highest BCUT2D eigenvalue weighted by molar-refractivity contribution is 9.10. The monoisotopic (exact) mass is 357 g/mol. The fourth-order valence-electron chi connectivity index (χ4n) is 1.76. The minimum absolute atomic E-state index is 0.332. The number of rotatable bonds is 5. The van der Waals surface area contributed by atoms with E-state index in [0.29, 0.717) is 22.4 Å². The highest BCUT2D eigenvalue weighted by Gasteiger charge is 2.08. The zero-order valence-electron chi connectivity index (χ0n) is 11.5. The van der Waals surface area contributed by atoms with Crippen LogP contribution in [-0.4, -0.2) is 11.1 Å². The van der Waals surface area contributed by atoms with Crippen LogP contribution in [0.15, 0.2) is 58.6 Å². The number of hydrogen-bond acceptors (Lipinski definition) is 3. The smallest absolute Gasteiger partial charge is 0.346 e. The Bertz CT molecular complexity index is 748. The summed E-state index contributed by atoms with van der Waals surface area (Å²) in [6.07, 6.45) is 1.31. The van der Waals surface area contributed by atoms with Gasteiger partial charge in [0, 0.05) is 4.47 Å². The van der Waals surface area contributed by atoms with Gasteiger partial charge in [-0.3, -0.25) is 0 Å². The number of carboxylic acids is 1. The minimum atomic E-state index is -1.26. The number of ether oxygens (including phenoxy) is 1. The number of carbonyl (C=O) groups is 1. The van der Waals surface area contributed by atoms with E-state index < -0.39 is 5.97 Å². The molecule has 0 aromatic heterocycles. The minimum Gasteiger partial charge on any atom is -0.489 e. The SMILES string of the molecule is N#C/C(=C\c1cc(OCc2ccccc2)ccc1Br)C(=O)O. The molecule has 1 N–H and O–H groups in total. The summed E-state index contributed by atoms with van der Waals surface area (Å²) in [6.45, 7) is 0.412. The lowest BCUT2D eigenvalue weighted by molar-refractivity contribution is -0.132. The molecule has 0 heterocycles. The van der Waals surface area contributed by atoms with Gasteiger partial charge < -0.3 is 9.84 Å². The van der Waals surface area contributed by atoms with Crippen LogP contribution < -0.4 is 4.74 Å². The Morgan fingerprint density at radius 2 is 2.00 bits per heavy atom. The molecule has 0 amide bonds. The van der Waals surface area contributed by atoms with Crippen molar-refractivity contribution in [3.05, 3.63) is 69.7 Å². The summed E-state index contributed by atoms with van der Waals surface area (Å²) in [5.41, 5.74) is 1.27. The second kappa shape index (κ2) is 7.43. The molecule has 22 heavy (non-hydrogen) atoms. The Labute approximate surface area is 136 Å². The van der Waals surface area contributed by atoms with Gasteiger partial charge in [0.05, 0.1) is 0 Å². The zero-order valence-corrected chi connectivity index (χ0v) is 13.1. The predicted molar refractivity (Wildman–Crippen MR) is 86.1 cm³/mol. The molecule has 110 valence electrons. The molecule has 2 aromatic carbocycles. The van der Waals surface area contributed by atoms with Crippen LogP contribution in [0.25, 0.3) is 6.08 Å². The topological polar surface area (TPSA) is 70.3 Å². The molecule has 4 nitrogen and oxygen atoms in total. The Balaban J connectivity index is 2.20. The number of benzene rings is 2. The average Bonchev–Trinajstić information content (AvgIpc) is 2.53. The highest BCUT2D eigenvalue weighted by Crippen LogP contribution is 2.25. The maximum atomic E-state index is 10.9. The van der Waals surface area contributed by atoms with Crippen LogP contribution in [0.1, 0.15) is 11.1 Å². The summed E-state index contributed by atoms with van der Waals surface area (Å²) in [6, 6.07) is 16.6. The maximum Gasteiger partial charge on any atom is 0.346 e. The summed E-state index contributed by atoms with van der Waals surface area (Å²) in [5.74, 6) is -0.661. The Kier molecular flexibility index (Phi) is 5.34. The standard InChI is InChI=1S/C17H12BrNO3/c18-16-7-6-15(22-11-12-4-2-1-3-5-12)9-13(16)8-14(10-19)17(20)21/h1-9H,11H2,(H,20,21)/b14-8+. The van der Waals surface area contributed by atoms with Gasteiger partial charge in [-0.05, 0) is 35.4 Å². The fraction of sp³-hybridized carbons (Fsp3) is 0.0588. The molecule has 0 saturated carbocycles. The van der Waals surface area contributed by atoms with E-state index in [1.807, 2.05) is 30.3 Å². The quantitative estimate of drug-likeness (QED) is 0.647. The molecule has 0 atom stereocenters. The Hall–Kier alpha value is -2.58. The molecule has 2 aromatic rings. The van der Waals surface area contributed by atoms with Crippen molar-refractivity contribution in [1.29, 1.82) is 5.26 Å². The molecule has 0 spiro atoms. The van der Waals surface area contributed by atoms with Gasteiger partial charge in [-0.2, -0.15) is 5.26 Å². The Morgan fingerprint density at radius 3 is 2.64 bits per heavy atom. The second-order valence-electron chi connectivity index (χ2n) is 4.43. The highest BCUT2D eigenvalue weighted by atomic mass is 79.9. The van der Waals surface area contributed by atoms with E-state index in [1.165, 1.54) is 6.08 Å². The third-order valence-electron chi connectivity index (χ3n) is 2.87. The molecule has 5 heteroatoms. The van der Waals surface area contributed by atoms with Crippen molar-refractivity contribution in [2.75, 3.05) is 0 Å². The van der Waals surface area contributed by atoms with Crippen molar-refractivity contribution in [3.8, 4) is 11.8 Å². The molecule has 0 unspecified atom stereocenters. The van der Waals surface area contributed by atoms with Gasteiger partial charge in [0.25, 0.3) is 0 Å². The number of nitriles is 1. The average molecular weight is 358 g/mol. The van der Waals surface area contributed by atoms with Crippen molar-refractivity contribution < 1.29 is 14.6 Å². The molecule has 0 radical (unpaired) electrons. The van der Waals surface area contributed by atoms with E-state index in [9.17, 15) is 4.79 Å². The number of aliphatic carboxylic acids is 1. The van der Waals surface area contributed by atoms with Gasteiger partial charge >= 0.3 is 5.97 Å². The van der Waals surface area contributed by atoms with Crippen LogP contribution in [0.3, 0.4) is 0 Å². The van der Waals surface area contributed by atoms with Gasteiger partial charge in [0.1, 0.15) is 24.0 Å². The van der Waals surface area contributed by atoms with E-state index in [1.54, 1.807) is 24.3 Å². The van der Waals surface area contributed by atoms with E-state index in [-0.39, 0.29) is 5.57 Å². The molecule has 0 aliphatic heterocycles. The van der Waals surface area contributed by atoms with Crippen LogP contribution in [0, 0.1) is 11.3 Å². The van der Waals surface area contributed by atoms with E-state index in [0.717, 1.165) is 5.56 Å². The predicted octanol–water partition coefficient (Wildman–Crippen LogP) is 4.02. The molecule has 0 aliphatic carbocycles. The Morgan fingerprint density at radius 1 is 1.27 bits per heavy atom. The van der Waals surface area contributed by atoms with Crippen LogP contribution in [0.4, 0.5) is 0 Å². The summed E-state index contributed by atoms with van der Waals surface area (Å²) in [7, 11) is 0. The third kappa shape index (κ3) is 4.21. The van der Waals surface area contributed by atoms with Crippen LogP contribution >= 0.6 is 15.9 Å². The summed E-state index contributed by atoms with van der Waals surface area (Å²) in [4.78, 5) is 10.9. The van der Waals surface area contributed by atoms with Crippen LogP contribution in [0.5, 0.6) is 5.75 Å². The van der Waals surface area contributed by atoms with E-state index >= 15 is 0 Å².